The van der Waals surface area contributed by atoms with Crippen LogP contribution < -0.4 is 15.9 Å². The van der Waals surface area contributed by atoms with Crippen molar-refractivity contribution in [2.24, 2.45) is 45.7 Å². The lowest BCUT2D eigenvalue weighted by molar-refractivity contribution is -0.193. The number of Topliss-reactive ketones (excluding diaryl/α,β-unsaturated/α-hetero) is 1. The van der Waals surface area contributed by atoms with Gasteiger partial charge in [0.1, 0.15) is 11.5 Å². The first-order valence-corrected chi connectivity index (χ1v) is 14.2. The van der Waals surface area contributed by atoms with Crippen molar-refractivity contribution >= 4 is 36.7 Å². The van der Waals surface area contributed by atoms with E-state index in [9.17, 15) is 24.8 Å². The molecule has 1 heterocycles. The number of halogens is 1. The number of rotatable bonds is 6. The van der Waals surface area contributed by atoms with E-state index in [1.807, 2.05) is 6.92 Å². The van der Waals surface area contributed by atoms with Crippen molar-refractivity contribution in [1.82, 2.24) is 0 Å². The summed E-state index contributed by atoms with van der Waals surface area (Å²) in [5, 5.41) is 32.8. The number of carboxylic acids is 1. The molecule has 220 valence electrons. The van der Waals surface area contributed by atoms with Crippen LogP contribution in [0.1, 0.15) is 71.5 Å². The summed E-state index contributed by atoms with van der Waals surface area (Å²) >= 11 is 0. The van der Waals surface area contributed by atoms with Gasteiger partial charge in [-0.3, -0.25) is 4.79 Å². The summed E-state index contributed by atoms with van der Waals surface area (Å²) in [6, 6.07) is 5.06. The molecule has 5 N–H and O–H groups in total. The number of carbonyl (C=O) groups is 2. The number of nitrogens with two attached hydrogens (primary N) is 1. The maximum Gasteiger partial charge on any atom is 0.492 e. The minimum atomic E-state index is -1.29. The number of hydrogen-bond acceptors (Lipinski definition) is 7. The molecule has 5 rings (SSSR count). The zero-order valence-corrected chi connectivity index (χ0v) is 24.7. The monoisotopic (exact) mass is 575 g/mol. The van der Waals surface area contributed by atoms with Crippen molar-refractivity contribution < 1.29 is 34.2 Å². The molecule has 4 aliphatic rings. The first-order valence-electron chi connectivity index (χ1n) is 14.2. The topological polar surface area (TPSA) is 139 Å². The van der Waals surface area contributed by atoms with Crippen LogP contribution in [-0.4, -0.2) is 52.9 Å². The first kappa shape index (κ1) is 31.0. The highest BCUT2D eigenvalue weighted by atomic mass is 35.5. The SMILES string of the molecule is C=C[C@]1(C)C[C@@H](C(Oc2ccc3c(c2)B(O)OC3CN)C(=O)O)[C@]2(C)[C@@H]3C(=O)CC[C@@]3(CC[C@@H]2C)[C@@H](C)[C@@H]1O.Cl. The average molecular weight is 576 g/mol. The number of carboxylic acid groups (broad SMARTS) is 1. The molecule has 3 aliphatic carbocycles. The standard InChI is InChI=1S/C30H42BNO7.ClH/c1-6-28(4)14-20(24(27(35)36)38-18-7-8-19-21(13-18)31(37)39-23(19)15-32)29(5)16(2)9-11-30(17(3)26(28)34)12-10-22(33)25(29)30;/h6-8,13,16-17,20,23-26,34,37H,1,9-12,14-15,32H2,2-5H3,(H,35,36);1H/t16-,17-,20-,23?,24?,25-,26-,28+,29+,30-;/m0./s1. The van der Waals surface area contributed by atoms with Gasteiger partial charge in [-0.05, 0) is 71.5 Å². The summed E-state index contributed by atoms with van der Waals surface area (Å²) in [7, 11) is -1.17. The van der Waals surface area contributed by atoms with E-state index >= 15 is 0 Å². The maximum atomic E-state index is 13.7. The van der Waals surface area contributed by atoms with Crippen LogP contribution in [0.15, 0.2) is 30.9 Å². The normalized spacial score (nSPS) is 41.2. The van der Waals surface area contributed by atoms with E-state index in [2.05, 4.69) is 27.4 Å². The zero-order chi connectivity index (χ0) is 28.5. The second-order valence-electron chi connectivity index (χ2n) is 13.1. The van der Waals surface area contributed by atoms with E-state index in [1.165, 1.54) is 0 Å². The number of hydrogen-bond donors (Lipinski definition) is 4. The van der Waals surface area contributed by atoms with Crippen LogP contribution in [0.25, 0.3) is 0 Å². The smallest absolute Gasteiger partial charge is 0.478 e. The van der Waals surface area contributed by atoms with Crippen LogP contribution in [0, 0.1) is 39.9 Å². The average Bonchev–Trinajstić information content (AvgIpc) is 3.43. The highest BCUT2D eigenvalue weighted by Gasteiger charge is 2.69. The van der Waals surface area contributed by atoms with Crippen molar-refractivity contribution in [3.8, 4) is 5.75 Å². The molecule has 0 saturated heterocycles. The molecule has 0 spiro atoms. The molecule has 10 atom stereocenters. The quantitative estimate of drug-likeness (QED) is 0.299. The molecule has 1 aromatic carbocycles. The second kappa shape index (κ2) is 10.7. The summed E-state index contributed by atoms with van der Waals surface area (Å²) in [4.78, 5) is 26.7. The third-order valence-electron chi connectivity index (χ3n) is 11.5. The molecular formula is C30H43BClNO7. The molecule has 3 saturated carbocycles. The Labute approximate surface area is 243 Å². The molecule has 2 unspecified atom stereocenters. The number of fused-ring (bicyclic) bond motifs is 1. The molecule has 1 aliphatic heterocycles. The van der Waals surface area contributed by atoms with Crippen LogP contribution in [0.4, 0.5) is 0 Å². The van der Waals surface area contributed by atoms with Gasteiger partial charge >= 0.3 is 13.1 Å². The van der Waals surface area contributed by atoms with Crippen molar-refractivity contribution in [3.05, 3.63) is 36.4 Å². The highest BCUT2D eigenvalue weighted by Crippen LogP contribution is 2.69. The maximum absolute atomic E-state index is 13.7. The fourth-order valence-corrected chi connectivity index (χ4v) is 8.99. The molecule has 40 heavy (non-hydrogen) atoms. The van der Waals surface area contributed by atoms with Crippen molar-refractivity contribution in [2.75, 3.05) is 6.54 Å². The summed E-state index contributed by atoms with van der Waals surface area (Å²) in [6.45, 7) is 12.5. The van der Waals surface area contributed by atoms with Crippen LogP contribution in [0.2, 0.25) is 0 Å². The summed E-state index contributed by atoms with van der Waals surface area (Å²) < 4.78 is 11.8. The minimum absolute atomic E-state index is 0. The number of ketones is 1. The summed E-state index contributed by atoms with van der Waals surface area (Å²) in [5.41, 5.74) is 5.20. The van der Waals surface area contributed by atoms with E-state index in [-0.39, 0.29) is 42.5 Å². The number of aliphatic hydroxyl groups is 1. The number of ether oxygens (including phenoxy) is 1. The van der Waals surface area contributed by atoms with Gasteiger partial charge in [-0.2, -0.15) is 0 Å². The Hall–Kier alpha value is -1.91. The summed E-state index contributed by atoms with van der Waals surface area (Å²) in [6.07, 6.45) is 2.41. The predicted molar refractivity (Wildman–Crippen MR) is 154 cm³/mol. The van der Waals surface area contributed by atoms with Gasteiger partial charge in [0.2, 0.25) is 0 Å². The molecule has 0 radical (unpaired) electrons. The highest BCUT2D eigenvalue weighted by molar-refractivity contribution is 6.61. The van der Waals surface area contributed by atoms with Crippen LogP contribution in [-0.2, 0) is 14.2 Å². The van der Waals surface area contributed by atoms with E-state index < -0.39 is 53.6 Å². The Bertz CT molecular complexity index is 1180. The molecule has 0 aromatic heterocycles. The zero-order valence-electron chi connectivity index (χ0n) is 23.8. The van der Waals surface area contributed by atoms with Gasteiger partial charge in [0, 0.05) is 30.2 Å². The fourth-order valence-electron chi connectivity index (χ4n) is 8.99. The molecular weight excluding hydrogens is 533 g/mol. The fraction of sp³-hybridized carbons (Fsp3) is 0.667. The number of aliphatic carboxylic acids is 1. The first-order chi connectivity index (χ1) is 18.3. The third-order valence-corrected chi connectivity index (χ3v) is 11.5. The van der Waals surface area contributed by atoms with Gasteiger partial charge in [-0.1, -0.05) is 39.8 Å². The Kier molecular flexibility index (Phi) is 8.33. The molecule has 1 aromatic rings. The second-order valence-corrected chi connectivity index (χ2v) is 13.1. The Morgan fingerprint density at radius 2 is 2.02 bits per heavy atom. The van der Waals surface area contributed by atoms with Gasteiger partial charge in [0.15, 0.2) is 6.10 Å². The van der Waals surface area contributed by atoms with Gasteiger partial charge in [-0.25, -0.2) is 4.79 Å². The third kappa shape index (κ3) is 4.35. The Morgan fingerprint density at radius 3 is 2.65 bits per heavy atom. The lowest BCUT2D eigenvalue weighted by Gasteiger charge is -2.63. The van der Waals surface area contributed by atoms with Gasteiger partial charge in [-0.15, -0.1) is 19.0 Å². The lowest BCUT2D eigenvalue weighted by atomic mass is 9.41. The van der Waals surface area contributed by atoms with Crippen LogP contribution in [0.3, 0.4) is 0 Å². The van der Waals surface area contributed by atoms with E-state index in [1.54, 1.807) is 24.3 Å². The molecule has 2 bridgehead atoms. The van der Waals surface area contributed by atoms with Gasteiger partial charge in [0.05, 0.1) is 12.2 Å². The summed E-state index contributed by atoms with van der Waals surface area (Å²) in [5.74, 6) is -1.66. The number of aliphatic hydroxyl groups excluding tert-OH is 1. The molecule has 10 heteroatoms. The Balaban J connectivity index is 0.00000370. The van der Waals surface area contributed by atoms with Gasteiger partial charge < -0.3 is 30.4 Å². The molecule has 0 amide bonds. The van der Waals surface area contributed by atoms with Gasteiger partial charge in [0.25, 0.3) is 0 Å². The van der Waals surface area contributed by atoms with Crippen molar-refractivity contribution in [1.29, 1.82) is 0 Å². The molecule has 8 nitrogen and oxygen atoms in total. The minimum Gasteiger partial charge on any atom is -0.478 e. The number of benzene rings is 1. The lowest BCUT2D eigenvalue weighted by Crippen LogP contribution is -2.63. The van der Waals surface area contributed by atoms with Crippen LogP contribution in [0.5, 0.6) is 5.75 Å². The largest absolute Gasteiger partial charge is 0.492 e. The number of carbonyl (C=O) groups excluding carboxylic acids is 1. The Morgan fingerprint density at radius 1 is 1.32 bits per heavy atom. The van der Waals surface area contributed by atoms with E-state index in [0.29, 0.717) is 30.5 Å². The molecule has 3 fully saturated rings. The van der Waals surface area contributed by atoms with Crippen molar-refractivity contribution in [3.63, 3.8) is 0 Å². The van der Waals surface area contributed by atoms with Crippen LogP contribution >= 0.6 is 12.4 Å². The van der Waals surface area contributed by atoms with E-state index in [4.69, 9.17) is 15.1 Å². The van der Waals surface area contributed by atoms with E-state index in [0.717, 1.165) is 18.4 Å². The van der Waals surface area contributed by atoms with Crippen molar-refractivity contribution in [2.45, 2.75) is 78.1 Å². The predicted octanol–water partition coefficient (Wildman–Crippen LogP) is 3.27.